The van der Waals surface area contributed by atoms with Crippen LogP contribution in [0.25, 0.3) is 0 Å². The Morgan fingerprint density at radius 2 is 2.13 bits per heavy atom. The molecular formula is C16H16N4O2S. The SMILES string of the molecule is O=C(Nc1cccs1)NC1CC2C(=O)Nc3ccccc3N2C1. The number of nitrogens with zero attached hydrogens (tertiary/aromatic N) is 1. The number of benzene rings is 1. The van der Waals surface area contributed by atoms with E-state index in [1.807, 2.05) is 41.8 Å². The fraction of sp³-hybridized carbons (Fsp3) is 0.250. The van der Waals surface area contributed by atoms with Crippen LogP contribution < -0.4 is 20.9 Å². The first-order valence-corrected chi connectivity index (χ1v) is 8.36. The summed E-state index contributed by atoms with van der Waals surface area (Å²) in [5.74, 6) is -0.00772. The van der Waals surface area contributed by atoms with Crippen LogP contribution in [-0.2, 0) is 4.79 Å². The Morgan fingerprint density at radius 1 is 1.26 bits per heavy atom. The molecule has 3 heterocycles. The molecular weight excluding hydrogens is 312 g/mol. The van der Waals surface area contributed by atoms with Crippen LogP contribution in [0.4, 0.5) is 21.2 Å². The molecule has 1 aromatic heterocycles. The van der Waals surface area contributed by atoms with Gasteiger partial charge in [-0.2, -0.15) is 0 Å². The van der Waals surface area contributed by atoms with Gasteiger partial charge in [-0.05, 0) is 36.1 Å². The van der Waals surface area contributed by atoms with Gasteiger partial charge in [-0.1, -0.05) is 12.1 Å². The highest BCUT2D eigenvalue weighted by Crippen LogP contribution is 2.36. The van der Waals surface area contributed by atoms with E-state index in [1.165, 1.54) is 11.3 Å². The summed E-state index contributed by atoms with van der Waals surface area (Å²) in [5.41, 5.74) is 1.84. The average molecular weight is 328 g/mol. The molecule has 1 aromatic carbocycles. The number of hydrogen-bond acceptors (Lipinski definition) is 4. The van der Waals surface area contributed by atoms with Crippen LogP contribution in [0.15, 0.2) is 41.8 Å². The third-order valence-corrected chi connectivity index (χ3v) is 4.95. The van der Waals surface area contributed by atoms with Crippen molar-refractivity contribution < 1.29 is 9.59 Å². The van der Waals surface area contributed by atoms with E-state index in [0.29, 0.717) is 13.0 Å². The van der Waals surface area contributed by atoms with Crippen LogP contribution in [0.2, 0.25) is 0 Å². The maximum absolute atomic E-state index is 12.2. The fourth-order valence-corrected chi connectivity index (χ4v) is 3.80. The predicted molar refractivity (Wildman–Crippen MR) is 91.1 cm³/mol. The van der Waals surface area contributed by atoms with Gasteiger partial charge >= 0.3 is 6.03 Å². The van der Waals surface area contributed by atoms with Gasteiger partial charge in [-0.25, -0.2) is 4.79 Å². The zero-order valence-electron chi connectivity index (χ0n) is 12.3. The van der Waals surface area contributed by atoms with E-state index in [2.05, 4.69) is 20.9 Å². The summed E-state index contributed by atoms with van der Waals surface area (Å²) in [7, 11) is 0. The Kier molecular flexibility index (Phi) is 3.42. The largest absolute Gasteiger partial charge is 0.356 e. The van der Waals surface area contributed by atoms with Crippen molar-refractivity contribution in [2.24, 2.45) is 0 Å². The van der Waals surface area contributed by atoms with E-state index >= 15 is 0 Å². The lowest BCUT2D eigenvalue weighted by Gasteiger charge is -2.32. The molecule has 7 heteroatoms. The summed E-state index contributed by atoms with van der Waals surface area (Å²) in [6.45, 7) is 0.632. The minimum atomic E-state index is -0.231. The third-order valence-electron chi connectivity index (χ3n) is 4.17. The predicted octanol–water partition coefficient (Wildman–Crippen LogP) is 2.47. The molecule has 3 N–H and O–H groups in total. The van der Waals surface area contributed by atoms with Gasteiger partial charge in [0, 0.05) is 6.54 Å². The van der Waals surface area contributed by atoms with E-state index in [4.69, 9.17) is 0 Å². The summed E-state index contributed by atoms with van der Waals surface area (Å²) in [6.07, 6.45) is 0.609. The summed E-state index contributed by atoms with van der Waals surface area (Å²) < 4.78 is 0. The number of para-hydroxylation sites is 2. The minimum absolute atomic E-state index is 0.00772. The number of carbonyl (C=O) groups excluding carboxylic acids is 2. The fourth-order valence-electron chi connectivity index (χ4n) is 3.18. The highest BCUT2D eigenvalue weighted by Gasteiger charge is 2.41. The van der Waals surface area contributed by atoms with Crippen molar-refractivity contribution in [1.82, 2.24) is 5.32 Å². The second-order valence-corrected chi connectivity index (χ2v) is 6.63. The molecule has 0 bridgehead atoms. The number of urea groups is 1. The Morgan fingerprint density at radius 3 is 2.96 bits per heavy atom. The number of amides is 3. The van der Waals surface area contributed by atoms with Crippen molar-refractivity contribution in [3.63, 3.8) is 0 Å². The van der Waals surface area contributed by atoms with Crippen molar-refractivity contribution in [3.8, 4) is 0 Å². The Hall–Kier alpha value is -2.54. The van der Waals surface area contributed by atoms with E-state index in [0.717, 1.165) is 16.4 Å². The van der Waals surface area contributed by atoms with E-state index in [9.17, 15) is 9.59 Å². The molecule has 2 aromatic rings. The number of nitrogens with one attached hydrogen (secondary N) is 3. The summed E-state index contributed by atoms with van der Waals surface area (Å²) >= 11 is 1.47. The molecule has 1 saturated heterocycles. The Labute approximate surface area is 137 Å². The third kappa shape index (κ3) is 2.63. The quantitative estimate of drug-likeness (QED) is 0.793. The molecule has 118 valence electrons. The molecule has 3 amide bonds. The first kappa shape index (κ1) is 14.1. The lowest BCUT2D eigenvalue weighted by atomic mass is 10.1. The second kappa shape index (κ2) is 5.58. The smallest absolute Gasteiger partial charge is 0.320 e. The van der Waals surface area contributed by atoms with Gasteiger partial charge in [-0.3, -0.25) is 10.1 Å². The maximum Gasteiger partial charge on any atom is 0.320 e. The molecule has 0 aliphatic carbocycles. The number of rotatable bonds is 2. The molecule has 0 radical (unpaired) electrons. The minimum Gasteiger partial charge on any atom is -0.356 e. The van der Waals surface area contributed by atoms with E-state index < -0.39 is 0 Å². The summed E-state index contributed by atoms with van der Waals surface area (Å²) in [5, 5.41) is 11.4. The van der Waals surface area contributed by atoms with Crippen LogP contribution in [0.1, 0.15) is 6.42 Å². The van der Waals surface area contributed by atoms with Gasteiger partial charge in [-0.15, -0.1) is 11.3 Å². The van der Waals surface area contributed by atoms with Crippen LogP contribution in [0.5, 0.6) is 0 Å². The normalized spacial score (nSPS) is 22.1. The molecule has 0 spiro atoms. The molecule has 1 fully saturated rings. The molecule has 23 heavy (non-hydrogen) atoms. The molecule has 2 unspecified atom stereocenters. The van der Waals surface area contributed by atoms with Gasteiger partial charge in [0.15, 0.2) is 0 Å². The van der Waals surface area contributed by atoms with Gasteiger partial charge in [0.25, 0.3) is 0 Å². The number of anilines is 3. The zero-order valence-corrected chi connectivity index (χ0v) is 13.1. The van der Waals surface area contributed by atoms with Crippen LogP contribution in [0.3, 0.4) is 0 Å². The van der Waals surface area contributed by atoms with Crippen molar-refractivity contribution in [3.05, 3.63) is 41.8 Å². The van der Waals surface area contributed by atoms with Crippen LogP contribution in [0, 0.1) is 0 Å². The molecule has 2 aliphatic heterocycles. The topological polar surface area (TPSA) is 73.5 Å². The highest BCUT2D eigenvalue weighted by molar-refractivity contribution is 7.14. The highest BCUT2D eigenvalue weighted by atomic mass is 32.1. The second-order valence-electron chi connectivity index (χ2n) is 5.68. The summed E-state index contributed by atoms with van der Waals surface area (Å²) in [4.78, 5) is 26.4. The lowest BCUT2D eigenvalue weighted by Crippen LogP contribution is -2.44. The number of carbonyl (C=O) groups is 2. The Bertz CT molecular complexity index is 746. The van der Waals surface area contributed by atoms with Crippen LogP contribution in [-0.4, -0.2) is 30.6 Å². The maximum atomic E-state index is 12.2. The monoisotopic (exact) mass is 328 g/mol. The van der Waals surface area contributed by atoms with E-state index in [1.54, 1.807) is 0 Å². The van der Waals surface area contributed by atoms with Crippen molar-refractivity contribution in [2.45, 2.75) is 18.5 Å². The zero-order chi connectivity index (χ0) is 15.8. The van der Waals surface area contributed by atoms with Gasteiger partial charge in [0.1, 0.15) is 6.04 Å². The van der Waals surface area contributed by atoms with Crippen LogP contribution >= 0.6 is 11.3 Å². The number of hydrogen-bond donors (Lipinski definition) is 3. The lowest BCUT2D eigenvalue weighted by molar-refractivity contribution is -0.117. The van der Waals surface area contributed by atoms with Gasteiger partial charge in [0.2, 0.25) is 5.91 Å². The number of fused-ring (bicyclic) bond motifs is 3. The van der Waals surface area contributed by atoms with Gasteiger partial charge < -0.3 is 15.5 Å². The van der Waals surface area contributed by atoms with E-state index in [-0.39, 0.29) is 24.0 Å². The molecule has 6 nitrogen and oxygen atoms in total. The molecule has 0 saturated carbocycles. The standard InChI is InChI=1S/C16H16N4O2S/c21-15-13-8-10(17-16(22)19-14-6-3-7-23-14)9-20(13)12-5-2-1-4-11(12)18-15/h1-7,10,13H,8-9H2,(H,18,21)(H2,17,19,22). The molecule has 4 rings (SSSR count). The average Bonchev–Trinajstić information content (AvgIpc) is 3.17. The molecule has 2 atom stereocenters. The number of thiophene rings is 1. The summed E-state index contributed by atoms with van der Waals surface area (Å²) in [6, 6.07) is 11.0. The van der Waals surface area contributed by atoms with Crippen molar-refractivity contribution in [2.75, 3.05) is 22.1 Å². The molecule has 2 aliphatic rings. The Balaban J connectivity index is 1.46. The van der Waals surface area contributed by atoms with Crippen molar-refractivity contribution in [1.29, 1.82) is 0 Å². The first-order valence-electron chi connectivity index (χ1n) is 7.48. The van der Waals surface area contributed by atoms with Gasteiger partial charge in [0.05, 0.1) is 22.4 Å². The van der Waals surface area contributed by atoms with Crippen molar-refractivity contribution >= 4 is 39.7 Å². The first-order chi connectivity index (χ1) is 11.2.